The van der Waals surface area contributed by atoms with E-state index >= 15 is 0 Å². The predicted octanol–water partition coefficient (Wildman–Crippen LogP) is 1.92. The number of rotatable bonds is 3. The number of hydrogen-bond donors (Lipinski definition) is 1. The first kappa shape index (κ1) is 16.0. The van der Waals surface area contributed by atoms with Crippen molar-refractivity contribution in [2.24, 2.45) is 5.92 Å². The minimum Gasteiger partial charge on any atom is -0.388 e. The molecule has 2 aromatic heterocycles. The minimum absolute atomic E-state index is 0.221. The van der Waals surface area contributed by atoms with Crippen molar-refractivity contribution >= 4 is 11.2 Å². The van der Waals surface area contributed by atoms with Crippen LogP contribution >= 0.6 is 0 Å². The molecule has 4 rings (SSSR count). The maximum atomic E-state index is 12.7. The summed E-state index contributed by atoms with van der Waals surface area (Å²) in [4.78, 5) is 17.1. The second-order valence-corrected chi connectivity index (χ2v) is 7.09. The second kappa shape index (κ2) is 6.07. The van der Waals surface area contributed by atoms with Gasteiger partial charge in [-0.2, -0.15) is 4.68 Å². The lowest BCUT2D eigenvalue weighted by molar-refractivity contribution is -0.0226. The molecule has 0 aliphatic heterocycles. The highest BCUT2D eigenvalue weighted by Crippen LogP contribution is 2.32. The zero-order chi connectivity index (χ0) is 17.4. The van der Waals surface area contributed by atoms with Crippen molar-refractivity contribution in [2.45, 2.75) is 44.8 Å². The van der Waals surface area contributed by atoms with E-state index in [-0.39, 0.29) is 17.6 Å². The predicted molar refractivity (Wildman–Crippen MR) is 93.5 cm³/mol. The number of aromatic nitrogens is 5. The Labute approximate surface area is 144 Å². The first-order chi connectivity index (χ1) is 12.1. The molecule has 0 amide bonds. The number of hydrogen-bond acceptors (Lipinski definition) is 5. The van der Waals surface area contributed by atoms with Crippen molar-refractivity contribution in [1.82, 2.24) is 24.5 Å². The molecule has 25 heavy (non-hydrogen) atoms. The van der Waals surface area contributed by atoms with Gasteiger partial charge in [-0.05, 0) is 43.7 Å². The highest BCUT2D eigenvalue weighted by atomic mass is 16.3. The molecule has 1 N–H and O–H groups in total. The Bertz CT molecular complexity index is 939. The molecule has 3 aromatic rings. The van der Waals surface area contributed by atoms with E-state index in [2.05, 4.69) is 22.2 Å². The number of aliphatic hydroxyl groups is 1. The van der Waals surface area contributed by atoms with Crippen LogP contribution in [0.5, 0.6) is 0 Å². The van der Waals surface area contributed by atoms with Gasteiger partial charge in [0.2, 0.25) is 0 Å². The van der Waals surface area contributed by atoms with Crippen molar-refractivity contribution in [2.75, 3.05) is 0 Å². The third-order valence-electron chi connectivity index (χ3n) is 5.10. The van der Waals surface area contributed by atoms with Crippen molar-refractivity contribution in [1.29, 1.82) is 0 Å². The molecule has 0 saturated heterocycles. The lowest BCUT2D eigenvalue weighted by Gasteiger charge is -2.35. The quantitative estimate of drug-likeness (QED) is 0.788. The topological polar surface area (TPSA) is 85.8 Å². The fourth-order valence-electron chi connectivity index (χ4n) is 3.47. The SMILES string of the molecule is CC1CCC(O)(Cn2cnc3c(nnn3-c3ccccc3)c2=O)CC1. The number of fused-ring (bicyclic) bond motifs is 1. The Balaban J connectivity index is 1.69. The average molecular weight is 339 g/mol. The number of benzene rings is 1. The van der Waals surface area contributed by atoms with Crippen LogP contribution in [0.1, 0.15) is 32.6 Å². The van der Waals surface area contributed by atoms with Gasteiger partial charge in [-0.1, -0.05) is 30.3 Å². The molecular formula is C18H21N5O2. The molecule has 1 saturated carbocycles. The van der Waals surface area contributed by atoms with Crippen LogP contribution in [0.3, 0.4) is 0 Å². The number of para-hydroxylation sites is 1. The standard InChI is InChI=1S/C18H21N5O2/c1-13-7-9-18(25,10-8-13)11-22-12-19-16-15(17(22)24)20-21-23(16)14-5-3-2-4-6-14/h2-6,12-13,25H,7-11H2,1H3. The van der Waals surface area contributed by atoms with Crippen LogP contribution < -0.4 is 5.56 Å². The number of nitrogens with zero attached hydrogens (tertiary/aromatic N) is 5. The van der Waals surface area contributed by atoms with Crippen LogP contribution in [-0.2, 0) is 6.54 Å². The van der Waals surface area contributed by atoms with Crippen molar-refractivity contribution in [3.05, 3.63) is 47.0 Å². The van der Waals surface area contributed by atoms with Crippen molar-refractivity contribution in [3.63, 3.8) is 0 Å². The summed E-state index contributed by atoms with van der Waals surface area (Å²) >= 11 is 0. The van der Waals surface area contributed by atoms with E-state index in [4.69, 9.17) is 0 Å². The van der Waals surface area contributed by atoms with Gasteiger partial charge < -0.3 is 5.11 Å². The molecule has 0 atom stereocenters. The molecule has 0 bridgehead atoms. The first-order valence-electron chi connectivity index (χ1n) is 8.64. The Morgan fingerprint density at radius 2 is 1.96 bits per heavy atom. The van der Waals surface area contributed by atoms with Gasteiger partial charge in [0, 0.05) is 0 Å². The van der Waals surface area contributed by atoms with Crippen molar-refractivity contribution in [3.8, 4) is 5.69 Å². The molecule has 2 heterocycles. The zero-order valence-electron chi connectivity index (χ0n) is 14.2. The van der Waals surface area contributed by atoms with Gasteiger partial charge >= 0.3 is 0 Å². The maximum absolute atomic E-state index is 12.7. The monoisotopic (exact) mass is 339 g/mol. The van der Waals surface area contributed by atoms with E-state index < -0.39 is 5.60 Å². The van der Waals surface area contributed by atoms with Crippen LogP contribution in [0.4, 0.5) is 0 Å². The Morgan fingerprint density at radius 1 is 1.24 bits per heavy atom. The fraction of sp³-hybridized carbons (Fsp3) is 0.444. The summed E-state index contributed by atoms with van der Waals surface area (Å²) in [5.74, 6) is 0.628. The van der Waals surface area contributed by atoms with Gasteiger partial charge in [0.25, 0.3) is 5.56 Å². The smallest absolute Gasteiger partial charge is 0.283 e. The normalized spacial score (nSPS) is 23.8. The first-order valence-corrected chi connectivity index (χ1v) is 8.64. The van der Waals surface area contributed by atoms with E-state index in [0.29, 0.717) is 24.4 Å². The molecule has 0 unspecified atom stereocenters. The minimum atomic E-state index is -0.846. The molecular weight excluding hydrogens is 318 g/mol. The molecule has 1 aliphatic carbocycles. The molecule has 1 aliphatic rings. The molecule has 0 spiro atoms. The summed E-state index contributed by atoms with van der Waals surface area (Å²) in [5, 5.41) is 18.9. The summed E-state index contributed by atoms with van der Waals surface area (Å²) in [6.45, 7) is 2.45. The Morgan fingerprint density at radius 3 is 2.68 bits per heavy atom. The van der Waals surface area contributed by atoms with E-state index in [1.54, 1.807) is 4.68 Å². The summed E-state index contributed by atoms with van der Waals surface area (Å²) in [5.41, 5.74) is 0.339. The lowest BCUT2D eigenvalue weighted by Crippen LogP contribution is -2.41. The average Bonchev–Trinajstić information content (AvgIpc) is 3.06. The maximum Gasteiger partial charge on any atom is 0.283 e. The molecule has 130 valence electrons. The van der Waals surface area contributed by atoms with Crippen LogP contribution in [0.25, 0.3) is 16.9 Å². The molecule has 1 aromatic carbocycles. The zero-order valence-corrected chi connectivity index (χ0v) is 14.2. The van der Waals surface area contributed by atoms with Gasteiger partial charge in [0.15, 0.2) is 11.2 Å². The lowest BCUT2D eigenvalue weighted by atomic mass is 9.79. The second-order valence-electron chi connectivity index (χ2n) is 7.09. The van der Waals surface area contributed by atoms with E-state index in [1.807, 2.05) is 30.3 Å². The van der Waals surface area contributed by atoms with E-state index in [1.165, 1.54) is 10.9 Å². The van der Waals surface area contributed by atoms with Gasteiger partial charge in [-0.25, -0.2) is 4.98 Å². The van der Waals surface area contributed by atoms with Gasteiger partial charge in [-0.3, -0.25) is 9.36 Å². The molecule has 0 radical (unpaired) electrons. The third kappa shape index (κ3) is 2.95. The molecule has 7 nitrogen and oxygen atoms in total. The highest BCUT2D eigenvalue weighted by molar-refractivity contribution is 5.70. The van der Waals surface area contributed by atoms with Gasteiger partial charge in [0.05, 0.1) is 17.8 Å². The van der Waals surface area contributed by atoms with Crippen LogP contribution in [0.15, 0.2) is 41.5 Å². The summed E-state index contributed by atoms with van der Waals surface area (Å²) in [6.07, 6.45) is 4.85. The van der Waals surface area contributed by atoms with Crippen LogP contribution in [-0.4, -0.2) is 35.3 Å². The van der Waals surface area contributed by atoms with Gasteiger partial charge in [-0.15, -0.1) is 5.10 Å². The van der Waals surface area contributed by atoms with E-state index in [0.717, 1.165) is 18.5 Å². The summed E-state index contributed by atoms with van der Waals surface area (Å²) in [7, 11) is 0. The van der Waals surface area contributed by atoms with E-state index in [9.17, 15) is 9.90 Å². The van der Waals surface area contributed by atoms with Crippen LogP contribution in [0.2, 0.25) is 0 Å². The van der Waals surface area contributed by atoms with Gasteiger partial charge in [0.1, 0.15) is 6.33 Å². The summed E-state index contributed by atoms with van der Waals surface area (Å²) in [6, 6.07) is 9.46. The largest absolute Gasteiger partial charge is 0.388 e. The Kier molecular flexibility index (Phi) is 3.88. The third-order valence-corrected chi connectivity index (χ3v) is 5.10. The summed E-state index contributed by atoms with van der Waals surface area (Å²) < 4.78 is 3.01. The van der Waals surface area contributed by atoms with Crippen LogP contribution in [0, 0.1) is 5.92 Å². The fourth-order valence-corrected chi connectivity index (χ4v) is 3.47. The highest BCUT2D eigenvalue weighted by Gasteiger charge is 2.32. The van der Waals surface area contributed by atoms with Crippen molar-refractivity contribution < 1.29 is 5.11 Å². The molecule has 7 heteroatoms. The Hall–Kier alpha value is -2.54. The molecule has 1 fully saturated rings.